The number of nitrogens with two attached hydrogens (primary N) is 1. The number of benzene rings is 1. The SMILES string of the molecule is COC(=O)C(N)CCSCCC(=O)Nc1cccc(F)c1. The van der Waals surface area contributed by atoms with Crippen LogP contribution in [0.15, 0.2) is 24.3 Å². The molecule has 5 nitrogen and oxygen atoms in total. The number of carbonyl (C=O) groups excluding carboxylic acids is 2. The van der Waals surface area contributed by atoms with Crippen molar-refractivity contribution in [1.29, 1.82) is 0 Å². The van der Waals surface area contributed by atoms with Crippen molar-refractivity contribution in [1.82, 2.24) is 0 Å². The number of esters is 1. The number of methoxy groups -OCH3 is 1. The van der Waals surface area contributed by atoms with Crippen LogP contribution in [0.3, 0.4) is 0 Å². The second kappa shape index (κ2) is 9.36. The zero-order chi connectivity index (χ0) is 15.7. The van der Waals surface area contributed by atoms with Crippen LogP contribution >= 0.6 is 11.8 Å². The maximum Gasteiger partial charge on any atom is 0.322 e. The molecular formula is C14H19FN2O3S. The molecule has 0 radical (unpaired) electrons. The Kier molecular flexibility index (Phi) is 7.78. The van der Waals surface area contributed by atoms with E-state index in [9.17, 15) is 14.0 Å². The molecule has 0 bridgehead atoms. The highest BCUT2D eigenvalue weighted by molar-refractivity contribution is 7.99. The first-order chi connectivity index (χ1) is 10.0. The second-order valence-corrected chi connectivity index (χ2v) is 5.56. The van der Waals surface area contributed by atoms with E-state index in [0.29, 0.717) is 30.0 Å². The van der Waals surface area contributed by atoms with Crippen LogP contribution in [0.2, 0.25) is 0 Å². The Morgan fingerprint density at radius 2 is 2.19 bits per heavy atom. The van der Waals surface area contributed by atoms with Gasteiger partial charge in [0, 0.05) is 17.9 Å². The summed E-state index contributed by atoms with van der Waals surface area (Å²) < 4.78 is 17.5. The molecule has 0 heterocycles. The lowest BCUT2D eigenvalue weighted by Gasteiger charge is -2.08. The molecule has 0 saturated heterocycles. The summed E-state index contributed by atoms with van der Waals surface area (Å²) in [7, 11) is 1.30. The third-order valence-electron chi connectivity index (χ3n) is 2.66. The minimum absolute atomic E-state index is 0.176. The van der Waals surface area contributed by atoms with Gasteiger partial charge in [-0.05, 0) is 30.4 Å². The van der Waals surface area contributed by atoms with Crippen molar-refractivity contribution in [3.63, 3.8) is 0 Å². The molecule has 1 unspecified atom stereocenters. The van der Waals surface area contributed by atoms with E-state index in [1.54, 1.807) is 6.07 Å². The Morgan fingerprint density at radius 1 is 1.43 bits per heavy atom. The Bertz CT molecular complexity index is 485. The highest BCUT2D eigenvalue weighted by Crippen LogP contribution is 2.11. The van der Waals surface area contributed by atoms with Gasteiger partial charge >= 0.3 is 5.97 Å². The Balaban J connectivity index is 2.15. The molecule has 116 valence electrons. The minimum atomic E-state index is -0.622. The normalized spacial score (nSPS) is 11.8. The summed E-state index contributed by atoms with van der Waals surface area (Å²) in [5, 5.41) is 2.62. The van der Waals surface area contributed by atoms with Crippen LogP contribution in [0.1, 0.15) is 12.8 Å². The molecule has 0 spiro atoms. The topological polar surface area (TPSA) is 81.4 Å². The van der Waals surface area contributed by atoms with Gasteiger partial charge < -0.3 is 15.8 Å². The third-order valence-corrected chi connectivity index (χ3v) is 3.68. The molecular weight excluding hydrogens is 295 g/mol. The molecule has 0 aliphatic carbocycles. The average molecular weight is 314 g/mol. The maximum absolute atomic E-state index is 12.9. The van der Waals surface area contributed by atoms with Gasteiger partial charge in [0.15, 0.2) is 0 Å². The summed E-state index contributed by atoms with van der Waals surface area (Å²) in [6.07, 6.45) is 0.817. The number of thioether (sulfide) groups is 1. The van der Waals surface area contributed by atoms with Crippen molar-refractivity contribution in [2.75, 3.05) is 23.9 Å². The van der Waals surface area contributed by atoms with Crippen molar-refractivity contribution >= 4 is 29.3 Å². The highest BCUT2D eigenvalue weighted by Gasteiger charge is 2.12. The van der Waals surface area contributed by atoms with E-state index < -0.39 is 12.0 Å². The van der Waals surface area contributed by atoms with Crippen LogP contribution in [0.5, 0.6) is 0 Å². The first-order valence-corrected chi connectivity index (χ1v) is 7.65. The van der Waals surface area contributed by atoms with Gasteiger partial charge in [0.25, 0.3) is 0 Å². The fourth-order valence-electron chi connectivity index (χ4n) is 1.54. The van der Waals surface area contributed by atoms with Crippen molar-refractivity contribution < 1.29 is 18.7 Å². The van der Waals surface area contributed by atoms with Crippen LogP contribution < -0.4 is 11.1 Å². The molecule has 1 atom stereocenters. The molecule has 7 heteroatoms. The van der Waals surface area contributed by atoms with E-state index in [0.717, 1.165) is 0 Å². The van der Waals surface area contributed by atoms with Crippen molar-refractivity contribution in [3.05, 3.63) is 30.1 Å². The van der Waals surface area contributed by atoms with Crippen LogP contribution in [0, 0.1) is 5.82 Å². The smallest absolute Gasteiger partial charge is 0.322 e. The molecule has 0 aliphatic rings. The molecule has 1 aromatic carbocycles. The van der Waals surface area contributed by atoms with Gasteiger partial charge in [0.1, 0.15) is 11.9 Å². The molecule has 3 N–H and O–H groups in total. The standard InChI is InChI=1S/C14H19FN2O3S/c1-20-14(19)12(16)5-7-21-8-6-13(18)17-11-4-2-3-10(15)9-11/h2-4,9,12H,5-8,16H2,1H3,(H,17,18). The Labute approximate surface area is 127 Å². The maximum atomic E-state index is 12.9. The minimum Gasteiger partial charge on any atom is -0.468 e. The molecule has 21 heavy (non-hydrogen) atoms. The Morgan fingerprint density at radius 3 is 2.86 bits per heavy atom. The summed E-state index contributed by atoms with van der Waals surface area (Å²) >= 11 is 1.53. The van der Waals surface area contributed by atoms with Crippen LogP contribution in [-0.4, -0.2) is 36.5 Å². The predicted octanol–water partition coefficient (Wildman–Crippen LogP) is 1.78. The molecule has 1 aromatic rings. The molecule has 0 fully saturated rings. The van der Waals surface area contributed by atoms with E-state index in [1.165, 1.54) is 37.1 Å². The second-order valence-electron chi connectivity index (χ2n) is 4.34. The first-order valence-electron chi connectivity index (χ1n) is 6.49. The number of ether oxygens (including phenoxy) is 1. The van der Waals surface area contributed by atoms with E-state index in [1.807, 2.05) is 0 Å². The van der Waals surface area contributed by atoms with Gasteiger partial charge in [-0.15, -0.1) is 0 Å². The van der Waals surface area contributed by atoms with Crippen LogP contribution in [-0.2, 0) is 14.3 Å². The van der Waals surface area contributed by atoms with Crippen LogP contribution in [0.25, 0.3) is 0 Å². The number of amides is 1. The lowest BCUT2D eigenvalue weighted by molar-refractivity contribution is -0.142. The monoisotopic (exact) mass is 314 g/mol. The van der Waals surface area contributed by atoms with E-state index in [4.69, 9.17) is 5.73 Å². The van der Waals surface area contributed by atoms with E-state index in [-0.39, 0.29) is 11.7 Å². The van der Waals surface area contributed by atoms with Gasteiger partial charge in [-0.3, -0.25) is 9.59 Å². The average Bonchev–Trinajstić information content (AvgIpc) is 2.45. The van der Waals surface area contributed by atoms with E-state index >= 15 is 0 Å². The predicted molar refractivity (Wildman–Crippen MR) is 81.6 cm³/mol. The quantitative estimate of drug-likeness (QED) is 0.564. The highest BCUT2D eigenvalue weighted by atomic mass is 32.2. The lowest BCUT2D eigenvalue weighted by Crippen LogP contribution is -2.32. The number of hydrogen-bond donors (Lipinski definition) is 2. The van der Waals surface area contributed by atoms with E-state index in [2.05, 4.69) is 10.1 Å². The summed E-state index contributed by atoms with van der Waals surface area (Å²) in [6.45, 7) is 0. The first kappa shape index (κ1) is 17.5. The van der Waals surface area contributed by atoms with Crippen molar-refractivity contribution in [2.45, 2.75) is 18.9 Å². The zero-order valence-electron chi connectivity index (χ0n) is 11.8. The molecule has 0 aliphatic heterocycles. The zero-order valence-corrected chi connectivity index (χ0v) is 12.6. The summed E-state index contributed by atoms with van der Waals surface area (Å²) in [5.41, 5.74) is 6.03. The lowest BCUT2D eigenvalue weighted by atomic mass is 10.2. The van der Waals surface area contributed by atoms with Gasteiger partial charge in [-0.25, -0.2) is 4.39 Å². The number of rotatable bonds is 8. The Hall–Kier alpha value is -1.60. The van der Waals surface area contributed by atoms with Gasteiger partial charge in [0.05, 0.1) is 7.11 Å². The van der Waals surface area contributed by atoms with Gasteiger partial charge in [0.2, 0.25) is 5.91 Å². The summed E-state index contributed by atoms with van der Waals surface area (Å²) in [5.74, 6) is 0.280. The van der Waals surface area contributed by atoms with Gasteiger partial charge in [-0.1, -0.05) is 6.07 Å². The molecule has 1 rings (SSSR count). The molecule has 1 amide bonds. The number of nitrogens with one attached hydrogen (secondary N) is 1. The fourth-order valence-corrected chi connectivity index (χ4v) is 2.49. The number of halogens is 1. The summed E-state index contributed by atoms with van der Waals surface area (Å²) in [4.78, 5) is 22.7. The number of carbonyl (C=O) groups is 2. The fraction of sp³-hybridized carbons (Fsp3) is 0.429. The van der Waals surface area contributed by atoms with Crippen LogP contribution in [0.4, 0.5) is 10.1 Å². The number of anilines is 1. The number of hydrogen-bond acceptors (Lipinski definition) is 5. The largest absolute Gasteiger partial charge is 0.468 e. The molecule has 0 saturated carbocycles. The summed E-state index contributed by atoms with van der Waals surface area (Å²) in [6, 6.07) is 5.12. The van der Waals surface area contributed by atoms with Crippen molar-refractivity contribution in [3.8, 4) is 0 Å². The van der Waals surface area contributed by atoms with Gasteiger partial charge in [-0.2, -0.15) is 11.8 Å². The molecule has 0 aromatic heterocycles. The third kappa shape index (κ3) is 7.10. The van der Waals surface area contributed by atoms with Crippen molar-refractivity contribution in [2.24, 2.45) is 5.73 Å².